The van der Waals surface area contributed by atoms with Crippen molar-refractivity contribution >= 4 is 25.0 Å². The predicted octanol–water partition coefficient (Wildman–Crippen LogP) is 3.84. The maximum atomic E-state index is 2.42. The molecule has 20 heavy (non-hydrogen) atoms. The van der Waals surface area contributed by atoms with Crippen LogP contribution in [0.3, 0.4) is 0 Å². The summed E-state index contributed by atoms with van der Waals surface area (Å²) in [6.07, 6.45) is 5.00. The fourth-order valence-electron chi connectivity index (χ4n) is 2.23. The third kappa shape index (κ3) is 6.26. The summed E-state index contributed by atoms with van der Waals surface area (Å²) >= 11 is 0.564. The maximum absolute atomic E-state index is 2.42. The fraction of sp³-hybridized carbons (Fsp3) is 0.556. The normalized spacial score (nSPS) is 12.4. The van der Waals surface area contributed by atoms with Gasteiger partial charge in [-0.1, -0.05) is 0 Å². The Bertz CT molecular complexity index is 423. The van der Waals surface area contributed by atoms with Crippen molar-refractivity contribution in [3.8, 4) is 0 Å². The molecule has 1 aromatic rings. The van der Waals surface area contributed by atoms with Crippen molar-refractivity contribution in [1.29, 1.82) is 0 Å². The molecule has 0 unspecified atom stereocenters. The quantitative estimate of drug-likeness (QED) is 0.651. The van der Waals surface area contributed by atoms with Crippen LogP contribution in [0.1, 0.15) is 39.2 Å². The van der Waals surface area contributed by atoms with Gasteiger partial charge in [-0.05, 0) is 0 Å². The molecule has 0 bridgehead atoms. The SMILES string of the molecule is C[Se]c1ccccc1/C(C)=C/CN(C)CCCC(C)C. The van der Waals surface area contributed by atoms with Crippen LogP contribution in [0.5, 0.6) is 0 Å². The molecule has 0 saturated carbocycles. The van der Waals surface area contributed by atoms with Crippen molar-refractivity contribution < 1.29 is 0 Å². The van der Waals surface area contributed by atoms with Crippen LogP contribution in [0.4, 0.5) is 0 Å². The third-order valence-electron chi connectivity index (χ3n) is 3.56. The standard InChI is InChI=1S/C18H29NSe/c1-15(2)9-8-13-19(4)14-12-16(3)17-10-6-7-11-18(17)20-5/h6-7,10-12,15H,8-9,13-14H2,1-5H3/b16-12+. The van der Waals surface area contributed by atoms with E-state index in [0.29, 0.717) is 15.0 Å². The molecule has 2 heteroatoms. The topological polar surface area (TPSA) is 3.24 Å². The van der Waals surface area contributed by atoms with Crippen LogP contribution in [0.25, 0.3) is 5.57 Å². The summed E-state index contributed by atoms with van der Waals surface area (Å²) in [4.78, 5) is 2.42. The summed E-state index contributed by atoms with van der Waals surface area (Å²) in [5, 5.41) is 0. The van der Waals surface area contributed by atoms with Crippen LogP contribution in [-0.2, 0) is 0 Å². The van der Waals surface area contributed by atoms with E-state index in [-0.39, 0.29) is 0 Å². The zero-order valence-electron chi connectivity index (χ0n) is 13.6. The van der Waals surface area contributed by atoms with E-state index in [1.165, 1.54) is 35.0 Å². The van der Waals surface area contributed by atoms with Crippen molar-refractivity contribution in [2.45, 2.75) is 39.4 Å². The second-order valence-corrected chi connectivity index (χ2v) is 7.67. The first-order chi connectivity index (χ1) is 9.54. The fourth-order valence-corrected chi connectivity index (χ4v) is 3.63. The van der Waals surface area contributed by atoms with Crippen molar-refractivity contribution in [2.75, 3.05) is 20.1 Å². The molecule has 1 aromatic carbocycles. The van der Waals surface area contributed by atoms with Crippen LogP contribution in [0, 0.1) is 5.92 Å². The summed E-state index contributed by atoms with van der Waals surface area (Å²) in [5.74, 6) is 3.11. The van der Waals surface area contributed by atoms with Gasteiger partial charge in [0.05, 0.1) is 0 Å². The summed E-state index contributed by atoms with van der Waals surface area (Å²) in [7, 11) is 2.22. The van der Waals surface area contributed by atoms with Gasteiger partial charge in [0, 0.05) is 0 Å². The first kappa shape index (κ1) is 17.5. The van der Waals surface area contributed by atoms with Crippen molar-refractivity contribution in [1.82, 2.24) is 4.90 Å². The number of rotatable bonds is 8. The van der Waals surface area contributed by atoms with Crippen LogP contribution in [-0.4, -0.2) is 40.0 Å². The number of hydrogen-bond acceptors (Lipinski definition) is 1. The molecule has 1 rings (SSSR count). The molecule has 0 aliphatic carbocycles. The van der Waals surface area contributed by atoms with E-state index in [4.69, 9.17) is 0 Å². The molecular weight excluding hydrogens is 309 g/mol. The summed E-state index contributed by atoms with van der Waals surface area (Å²) in [6.45, 7) is 9.09. The summed E-state index contributed by atoms with van der Waals surface area (Å²) in [5.41, 5.74) is 2.85. The zero-order valence-corrected chi connectivity index (χ0v) is 15.4. The minimum absolute atomic E-state index is 0.564. The second-order valence-electron chi connectivity index (χ2n) is 5.89. The van der Waals surface area contributed by atoms with Crippen LogP contribution in [0.2, 0.25) is 5.82 Å². The Morgan fingerprint density at radius 3 is 2.65 bits per heavy atom. The van der Waals surface area contributed by atoms with Gasteiger partial charge in [-0.15, -0.1) is 0 Å². The monoisotopic (exact) mass is 339 g/mol. The molecule has 0 saturated heterocycles. The van der Waals surface area contributed by atoms with Gasteiger partial charge in [-0.25, -0.2) is 0 Å². The van der Waals surface area contributed by atoms with Gasteiger partial charge in [0.1, 0.15) is 0 Å². The van der Waals surface area contributed by atoms with Gasteiger partial charge in [0.15, 0.2) is 0 Å². The number of hydrogen-bond donors (Lipinski definition) is 0. The molecule has 0 aromatic heterocycles. The Morgan fingerprint density at radius 2 is 2.00 bits per heavy atom. The Kier molecular flexibility index (Phi) is 8.21. The first-order valence-corrected chi connectivity index (χ1v) is 10.1. The Morgan fingerprint density at radius 1 is 1.30 bits per heavy atom. The van der Waals surface area contributed by atoms with E-state index >= 15 is 0 Å². The van der Waals surface area contributed by atoms with Crippen LogP contribution in [0.15, 0.2) is 30.3 Å². The van der Waals surface area contributed by atoms with Crippen molar-refractivity contribution in [3.05, 3.63) is 35.9 Å². The number of allylic oxidation sites excluding steroid dienone is 1. The molecule has 112 valence electrons. The first-order valence-electron chi connectivity index (χ1n) is 7.53. The van der Waals surface area contributed by atoms with E-state index in [1.54, 1.807) is 0 Å². The summed E-state index contributed by atoms with van der Waals surface area (Å²) in [6, 6.07) is 8.81. The molecule has 0 spiro atoms. The molecule has 0 atom stereocenters. The predicted molar refractivity (Wildman–Crippen MR) is 92.9 cm³/mol. The molecule has 0 fully saturated rings. The van der Waals surface area contributed by atoms with Gasteiger partial charge >= 0.3 is 131 Å². The average Bonchev–Trinajstić information content (AvgIpc) is 2.44. The Balaban J connectivity index is 2.52. The molecule has 0 N–H and O–H groups in total. The van der Waals surface area contributed by atoms with E-state index in [2.05, 4.69) is 68.9 Å². The van der Waals surface area contributed by atoms with E-state index < -0.39 is 0 Å². The van der Waals surface area contributed by atoms with Crippen molar-refractivity contribution in [2.24, 2.45) is 5.92 Å². The number of nitrogens with zero attached hydrogens (tertiary/aromatic N) is 1. The second kappa shape index (κ2) is 9.39. The summed E-state index contributed by atoms with van der Waals surface area (Å²) < 4.78 is 1.51. The van der Waals surface area contributed by atoms with Gasteiger partial charge in [0.2, 0.25) is 0 Å². The van der Waals surface area contributed by atoms with Crippen LogP contribution >= 0.6 is 0 Å². The third-order valence-corrected chi connectivity index (χ3v) is 5.23. The molecule has 1 nitrogen and oxygen atoms in total. The van der Waals surface area contributed by atoms with Gasteiger partial charge in [0.25, 0.3) is 0 Å². The van der Waals surface area contributed by atoms with E-state index in [1.807, 2.05) is 0 Å². The van der Waals surface area contributed by atoms with Gasteiger partial charge in [-0.3, -0.25) is 0 Å². The Hall–Kier alpha value is -0.561. The minimum atomic E-state index is 0.564. The van der Waals surface area contributed by atoms with Gasteiger partial charge < -0.3 is 0 Å². The number of likely N-dealkylation sites (N-methyl/N-ethyl adjacent to an activating group) is 1. The zero-order chi connectivity index (χ0) is 15.0. The molecule has 0 heterocycles. The average molecular weight is 338 g/mol. The molecule has 0 aliphatic heterocycles. The Labute approximate surface area is 131 Å². The molecule has 0 radical (unpaired) electrons. The molecule has 0 amide bonds. The van der Waals surface area contributed by atoms with Crippen LogP contribution < -0.4 is 4.46 Å². The van der Waals surface area contributed by atoms with Gasteiger partial charge in [-0.2, -0.15) is 0 Å². The van der Waals surface area contributed by atoms with Crippen molar-refractivity contribution in [3.63, 3.8) is 0 Å². The molecule has 0 aliphatic rings. The van der Waals surface area contributed by atoms with E-state index in [9.17, 15) is 0 Å². The molecular formula is C18H29NSe. The van der Waals surface area contributed by atoms with E-state index in [0.717, 1.165) is 12.5 Å². The number of benzene rings is 1.